The molecule has 0 heterocycles. The molecule has 0 N–H and O–H groups in total. The Bertz CT molecular complexity index is 796. The van der Waals surface area contributed by atoms with E-state index < -0.39 is 0 Å². The number of fused-ring (bicyclic) bond motifs is 1. The molecule has 2 nitrogen and oxygen atoms in total. The second-order valence-corrected chi connectivity index (χ2v) is 5.54. The van der Waals surface area contributed by atoms with Crippen molar-refractivity contribution in [2.75, 3.05) is 14.2 Å². The van der Waals surface area contributed by atoms with Crippen LogP contribution in [0, 0.1) is 0 Å². The molecule has 0 aliphatic carbocycles. The molecular weight excluding hydrogens is 328 g/mol. The van der Waals surface area contributed by atoms with Crippen molar-refractivity contribution in [2.24, 2.45) is 0 Å². The summed E-state index contributed by atoms with van der Waals surface area (Å²) < 4.78 is 11.7. The second kappa shape index (κ2) is 5.78. The van der Waals surface area contributed by atoms with Gasteiger partial charge in [0, 0.05) is 4.47 Å². The van der Waals surface area contributed by atoms with E-state index in [0.717, 1.165) is 37.9 Å². The Labute approximate surface area is 132 Å². The molecule has 3 aromatic carbocycles. The van der Waals surface area contributed by atoms with Crippen molar-refractivity contribution in [3.63, 3.8) is 0 Å². The first-order valence-electron chi connectivity index (χ1n) is 6.63. The zero-order valence-corrected chi connectivity index (χ0v) is 13.5. The van der Waals surface area contributed by atoms with Gasteiger partial charge in [0.05, 0.1) is 14.2 Å². The first kappa shape index (κ1) is 14.0. The lowest BCUT2D eigenvalue weighted by Crippen LogP contribution is -1.87. The Morgan fingerprint density at radius 1 is 0.810 bits per heavy atom. The minimum atomic E-state index is 0.856. The van der Waals surface area contributed by atoms with E-state index in [0.29, 0.717) is 0 Å². The molecule has 0 saturated carbocycles. The number of hydrogen-bond acceptors (Lipinski definition) is 2. The third kappa shape index (κ3) is 2.61. The number of methoxy groups -OCH3 is 2. The van der Waals surface area contributed by atoms with Crippen LogP contribution in [0.15, 0.2) is 59.1 Å². The lowest BCUT2D eigenvalue weighted by atomic mass is 10.0. The smallest absolute Gasteiger partial charge is 0.119 e. The fourth-order valence-corrected chi connectivity index (χ4v) is 3.13. The predicted octanol–water partition coefficient (Wildman–Crippen LogP) is 5.29. The van der Waals surface area contributed by atoms with Gasteiger partial charge in [0.15, 0.2) is 0 Å². The van der Waals surface area contributed by atoms with Gasteiger partial charge in [-0.3, -0.25) is 0 Å². The molecule has 21 heavy (non-hydrogen) atoms. The maximum absolute atomic E-state index is 5.30. The molecule has 0 radical (unpaired) electrons. The highest BCUT2D eigenvalue weighted by Gasteiger charge is 2.08. The average molecular weight is 343 g/mol. The maximum atomic E-state index is 5.30. The highest BCUT2D eigenvalue weighted by Crippen LogP contribution is 2.36. The van der Waals surface area contributed by atoms with Gasteiger partial charge in [0.1, 0.15) is 11.5 Å². The predicted molar refractivity (Wildman–Crippen MR) is 90.2 cm³/mol. The van der Waals surface area contributed by atoms with Crippen LogP contribution in [0.25, 0.3) is 21.9 Å². The van der Waals surface area contributed by atoms with Crippen LogP contribution < -0.4 is 9.47 Å². The van der Waals surface area contributed by atoms with E-state index in [9.17, 15) is 0 Å². The van der Waals surface area contributed by atoms with Gasteiger partial charge in [-0.1, -0.05) is 24.3 Å². The summed E-state index contributed by atoms with van der Waals surface area (Å²) in [4.78, 5) is 0. The number of hydrogen-bond donors (Lipinski definition) is 0. The SMILES string of the molecule is COc1cccc(-c2ccc3cc(OC)ccc3c2Br)c1. The molecule has 106 valence electrons. The van der Waals surface area contributed by atoms with Crippen LogP contribution in [0.5, 0.6) is 11.5 Å². The van der Waals surface area contributed by atoms with Gasteiger partial charge in [0.25, 0.3) is 0 Å². The first-order chi connectivity index (χ1) is 10.2. The third-order valence-corrected chi connectivity index (χ3v) is 4.40. The number of benzene rings is 3. The molecule has 0 aromatic heterocycles. The van der Waals surface area contributed by atoms with Crippen molar-refractivity contribution >= 4 is 26.7 Å². The van der Waals surface area contributed by atoms with Crippen molar-refractivity contribution in [3.05, 3.63) is 59.1 Å². The standard InChI is InChI=1S/C18H15BrO2/c1-20-14-5-3-4-12(10-14)16-8-6-13-11-15(21-2)7-9-17(13)18(16)19/h3-11H,1-2H3. The number of halogens is 1. The van der Waals surface area contributed by atoms with Crippen molar-refractivity contribution in [1.29, 1.82) is 0 Å². The van der Waals surface area contributed by atoms with Gasteiger partial charge >= 0.3 is 0 Å². The van der Waals surface area contributed by atoms with Gasteiger partial charge in [-0.25, -0.2) is 0 Å². The Kier molecular flexibility index (Phi) is 3.84. The Balaban J connectivity index is 2.17. The Morgan fingerprint density at radius 2 is 1.57 bits per heavy atom. The van der Waals surface area contributed by atoms with Crippen LogP contribution in [-0.2, 0) is 0 Å². The van der Waals surface area contributed by atoms with E-state index in [1.54, 1.807) is 14.2 Å². The van der Waals surface area contributed by atoms with Crippen LogP contribution >= 0.6 is 15.9 Å². The minimum Gasteiger partial charge on any atom is -0.497 e. The van der Waals surface area contributed by atoms with Gasteiger partial charge in [-0.15, -0.1) is 0 Å². The molecule has 0 unspecified atom stereocenters. The summed E-state index contributed by atoms with van der Waals surface area (Å²) in [5, 5.41) is 2.31. The fourth-order valence-electron chi connectivity index (χ4n) is 2.41. The molecule has 0 amide bonds. The lowest BCUT2D eigenvalue weighted by Gasteiger charge is -2.10. The highest BCUT2D eigenvalue weighted by molar-refractivity contribution is 9.10. The first-order valence-corrected chi connectivity index (χ1v) is 7.43. The van der Waals surface area contributed by atoms with E-state index in [1.807, 2.05) is 30.3 Å². The lowest BCUT2D eigenvalue weighted by molar-refractivity contribution is 0.415. The summed E-state index contributed by atoms with van der Waals surface area (Å²) >= 11 is 3.73. The third-order valence-electron chi connectivity index (χ3n) is 3.54. The second-order valence-electron chi connectivity index (χ2n) is 4.75. The molecule has 3 heteroatoms. The molecule has 0 aliphatic heterocycles. The van der Waals surface area contributed by atoms with Gasteiger partial charge < -0.3 is 9.47 Å². The summed E-state index contributed by atoms with van der Waals surface area (Å²) in [6, 6.07) is 18.4. The van der Waals surface area contributed by atoms with E-state index in [4.69, 9.17) is 9.47 Å². The van der Waals surface area contributed by atoms with E-state index >= 15 is 0 Å². The summed E-state index contributed by atoms with van der Waals surface area (Å²) in [6.07, 6.45) is 0. The van der Waals surface area contributed by atoms with E-state index in [-0.39, 0.29) is 0 Å². The van der Waals surface area contributed by atoms with Crippen molar-refractivity contribution < 1.29 is 9.47 Å². The Morgan fingerprint density at radius 3 is 2.33 bits per heavy atom. The summed E-state index contributed by atoms with van der Waals surface area (Å²) in [6.45, 7) is 0. The van der Waals surface area contributed by atoms with Crippen LogP contribution in [0.1, 0.15) is 0 Å². The van der Waals surface area contributed by atoms with Crippen LogP contribution in [0.3, 0.4) is 0 Å². The van der Waals surface area contributed by atoms with Crippen LogP contribution in [0.2, 0.25) is 0 Å². The number of ether oxygens (including phenoxy) is 2. The Hall–Kier alpha value is -2.00. The summed E-state index contributed by atoms with van der Waals surface area (Å²) in [5.74, 6) is 1.72. The summed E-state index contributed by atoms with van der Waals surface area (Å²) in [5.41, 5.74) is 2.27. The normalized spacial score (nSPS) is 10.6. The maximum Gasteiger partial charge on any atom is 0.119 e. The molecule has 0 fully saturated rings. The topological polar surface area (TPSA) is 18.5 Å². The largest absolute Gasteiger partial charge is 0.497 e. The number of rotatable bonds is 3. The molecule has 3 aromatic rings. The monoisotopic (exact) mass is 342 g/mol. The zero-order chi connectivity index (χ0) is 14.8. The average Bonchev–Trinajstić information content (AvgIpc) is 2.55. The minimum absolute atomic E-state index is 0.856. The van der Waals surface area contributed by atoms with Crippen molar-refractivity contribution in [1.82, 2.24) is 0 Å². The van der Waals surface area contributed by atoms with Crippen molar-refractivity contribution in [3.8, 4) is 22.6 Å². The van der Waals surface area contributed by atoms with Crippen LogP contribution in [0.4, 0.5) is 0 Å². The van der Waals surface area contributed by atoms with Gasteiger partial charge in [0.2, 0.25) is 0 Å². The molecular formula is C18H15BrO2. The zero-order valence-electron chi connectivity index (χ0n) is 11.9. The molecule has 0 aliphatic rings. The van der Waals surface area contributed by atoms with Gasteiger partial charge in [-0.2, -0.15) is 0 Å². The highest BCUT2D eigenvalue weighted by atomic mass is 79.9. The molecule has 0 bridgehead atoms. The van der Waals surface area contributed by atoms with Gasteiger partial charge in [-0.05, 0) is 68.2 Å². The van der Waals surface area contributed by atoms with E-state index in [1.165, 1.54) is 0 Å². The molecule has 0 saturated heterocycles. The molecule has 0 spiro atoms. The molecule has 3 rings (SSSR count). The summed E-state index contributed by atoms with van der Waals surface area (Å²) in [7, 11) is 3.36. The van der Waals surface area contributed by atoms with Crippen LogP contribution in [-0.4, -0.2) is 14.2 Å². The van der Waals surface area contributed by atoms with Crippen molar-refractivity contribution in [2.45, 2.75) is 0 Å². The fraction of sp³-hybridized carbons (Fsp3) is 0.111. The molecule has 0 atom stereocenters. The quantitative estimate of drug-likeness (QED) is 0.644. The van der Waals surface area contributed by atoms with E-state index in [2.05, 4.69) is 40.2 Å².